The Bertz CT molecular complexity index is 1050. The number of hydrogen-bond acceptors (Lipinski definition) is 4. The summed E-state index contributed by atoms with van der Waals surface area (Å²) in [6, 6.07) is 11.2. The average Bonchev–Trinajstić information content (AvgIpc) is 2.97. The van der Waals surface area contributed by atoms with Gasteiger partial charge in [0.05, 0.1) is 23.9 Å². The maximum Gasteiger partial charge on any atom is 0.286 e. The first-order valence-electron chi connectivity index (χ1n) is 7.67. The zero-order valence-electron chi connectivity index (χ0n) is 13.9. The van der Waals surface area contributed by atoms with E-state index in [0.29, 0.717) is 21.0 Å². The minimum absolute atomic E-state index is 0.217. The lowest BCUT2D eigenvalue weighted by molar-refractivity contribution is -0.120. The molecule has 0 fully saturated rings. The van der Waals surface area contributed by atoms with Gasteiger partial charge in [-0.3, -0.25) is 4.79 Å². The minimum Gasteiger partial charge on any atom is -0.497 e. The molecule has 0 spiro atoms. The first-order valence-corrected chi connectivity index (χ1v) is 8.49. The van der Waals surface area contributed by atoms with Crippen LogP contribution < -0.4 is 14.3 Å². The first kappa shape index (κ1) is 17.7. The van der Waals surface area contributed by atoms with Gasteiger partial charge in [-0.25, -0.2) is 4.39 Å². The molecule has 1 amide bonds. The van der Waals surface area contributed by atoms with Gasteiger partial charge in [0.25, 0.3) is 5.91 Å². The summed E-state index contributed by atoms with van der Waals surface area (Å²) < 4.78 is 26.3. The molecule has 7 heteroatoms. The number of nitrogens with zero attached hydrogens (tertiary/aromatic N) is 2. The van der Waals surface area contributed by atoms with Crippen molar-refractivity contribution in [1.82, 2.24) is 4.57 Å². The van der Waals surface area contributed by atoms with E-state index in [1.807, 2.05) is 0 Å². The van der Waals surface area contributed by atoms with Crippen LogP contribution >= 0.6 is 11.3 Å². The molecule has 0 N–H and O–H groups in total. The third-order valence-corrected chi connectivity index (χ3v) is 4.58. The van der Waals surface area contributed by atoms with Crippen LogP contribution in [-0.2, 0) is 11.3 Å². The Morgan fingerprint density at radius 3 is 2.69 bits per heavy atom. The highest BCUT2D eigenvalue weighted by Gasteiger charge is 2.09. The van der Waals surface area contributed by atoms with Gasteiger partial charge in [0, 0.05) is 0 Å². The molecular weight excluding hydrogens is 355 g/mol. The van der Waals surface area contributed by atoms with Crippen molar-refractivity contribution < 1.29 is 18.7 Å². The number of aromatic nitrogens is 1. The summed E-state index contributed by atoms with van der Waals surface area (Å²) in [4.78, 5) is 16.6. The minimum atomic E-state index is -0.460. The van der Waals surface area contributed by atoms with Crippen LogP contribution in [-0.4, -0.2) is 24.2 Å². The first-order chi connectivity index (χ1) is 12.6. The Labute approximate surface area is 153 Å². The molecule has 0 aliphatic rings. The lowest BCUT2D eigenvalue weighted by Crippen LogP contribution is -2.19. The van der Waals surface area contributed by atoms with E-state index in [-0.39, 0.29) is 19.0 Å². The predicted molar refractivity (Wildman–Crippen MR) is 97.7 cm³/mol. The SMILES string of the molecule is C#CCn1c(=NC(=O)COc2ccc(OC)cc2)sc2cc(F)ccc21. The molecule has 0 aliphatic carbocycles. The molecule has 0 radical (unpaired) electrons. The zero-order chi connectivity index (χ0) is 18.5. The van der Waals surface area contributed by atoms with E-state index < -0.39 is 5.91 Å². The van der Waals surface area contributed by atoms with Gasteiger partial charge in [0.2, 0.25) is 0 Å². The van der Waals surface area contributed by atoms with Gasteiger partial charge in [0.1, 0.15) is 17.3 Å². The number of methoxy groups -OCH3 is 1. The van der Waals surface area contributed by atoms with E-state index in [4.69, 9.17) is 15.9 Å². The molecule has 2 aromatic carbocycles. The number of terminal acetylenes is 1. The summed E-state index contributed by atoms with van der Waals surface area (Å²) in [5.74, 6) is 2.93. The number of benzene rings is 2. The molecule has 5 nitrogen and oxygen atoms in total. The molecule has 0 saturated heterocycles. The number of thiazole rings is 1. The molecule has 0 atom stereocenters. The van der Waals surface area contributed by atoms with E-state index in [1.165, 1.54) is 23.5 Å². The number of hydrogen-bond donors (Lipinski definition) is 0. The smallest absolute Gasteiger partial charge is 0.286 e. The quantitative estimate of drug-likeness (QED) is 0.649. The number of fused-ring (bicyclic) bond motifs is 1. The van der Waals surface area contributed by atoms with Crippen LogP contribution in [0.1, 0.15) is 0 Å². The fraction of sp³-hybridized carbons (Fsp3) is 0.158. The molecule has 1 aromatic heterocycles. The second-order valence-corrected chi connectivity index (χ2v) is 6.27. The molecule has 0 unspecified atom stereocenters. The summed E-state index contributed by atoms with van der Waals surface area (Å²) >= 11 is 1.20. The van der Waals surface area contributed by atoms with Gasteiger partial charge in [-0.15, -0.1) is 6.42 Å². The number of carbonyl (C=O) groups is 1. The molecule has 0 bridgehead atoms. The molecule has 1 heterocycles. The van der Waals surface area contributed by atoms with Crippen LogP contribution in [0.15, 0.2) is 47.5 Å². The van der Waals surface area contributed by atoms with Crippen LogP contribution in [0.5, 0.6) is 11.5 Å². The highest BCUT2D eigenvalue weighted by molar-refractivity contribution is 7.16. The second-order valence-electron chi connectivity index (χ2n) is 5.26. The standard InChI is InChI=1S/C19H15FN2O3S/c1-3-10-22-16-9-4-13(20)11-17(16)26-19(22)21-18(23)12-25-15-7-5-14(24-2)6-8-15/h1,4-9,11H,10,12H2,2H3. The van der Waals surface area contributed by atoms with Crippen molar-refractivity contribution in [2.24, 2.45) is 4.99 Å². The van der Waals surface area contributed by atoms with Crippen molar-refractivity contribution >= 4 is 27.5 Å². The van der Waals surface area contributed by atoms with Crippen LogP contribution in [0.3, 0.4) is 0 Å². The van der Waals surface area contributed by atoms with Gasteiger partial charge in [-0.05, 0) is 42.5 Å². The second kappa shape index (κ2) is 7.85. The Balaban J connectivity index is 1.82. The average molecular weight is 370 g/mol. The summed E-state index contributed by atoms with van der Waals surface area (Å²) in [5.41, 5.74) is 0.733. The Morgan fingerprint density at radius 1 is 1.27 bits per heavy atom. The highest BCUT2D eigenvalue weighted by Crippen LogP contribution is 2.19. The molecule has 132 valence electrons. The molecule has 26 heavy (non-hydrogen) atoms. The topological polar surface area (TPSA) is 52.8 Å². The maximum atomic E-state index is 13.4. The lowest BCUT2D eigenvalue weighted by Gasteiger charge is -2.04. The molecule has 3 rings (SSSR count). The number of carbonyl (C=O) groups excluding carboxylic acids is 1. The Morgan fingerprint density at radius 2 is 2.00 bits per heavy atom. The van der Waals surface area contributed by atoms with Crippen molar-refractivity contribution in [3.63, 3.8) is 0 Å². The number of amides is 1. The van der Waals surface area contributed by atoms with Gasteiger partial charge in [-0.2, -0.15) is 4.99 Å². The number of halogens is 1. The third-order valence-electron chi connectivity index (χ3n) is 3.54. The third kappa shape index (κ3) is 3.92. The number of rotatable bonds is 5. The van der Waals surface area contributed by atoms with Gasteiger partial charge in [-0.1, -0.05) is 17.3 Å². The maximum absolute atomic E-state index is 13.4. The van der Waals surface area contributed by atoms with Gasteiger partial charge in [0.15, 0.2) is 11.4 Å². The van der Waals surface area contributed by atoms with Crippen molar-refractivity contribution in [3.8, 4) is 23.8 Å². The van der Waals surface area contributed by atoms with Crippen LogP contribution in [0, 0.1) is 18.2 Å². The van der Waals surface area contributed by atoms with Crippen LogP contribution in [0.2, 0.25) is 0 Å². The number of ether oxygens (including phenoxy) is 2. The van der Waals surface area contributed by atoms with E-state index >= 15 is 0 Å². The Hall–Kier alpha value is -3.11. The predicted octanol–water partition coefficient (Wildman–Crippen LogP) is 2.99. The van der Waals surface area contributed by atoms with E-state index in [2.05, 4.69) is 10.9 Å². The monoisotopic (exact) mass is 370 g/mol. The van der Waals surface area contributed by atoms with E-state index in [0.717, 1.165) is 5.52 Å². The van der Waals surface area contributed by atoms with Crippen molar-refractivity contribution in [2.45, 2.75) is 6.54 Å². The molecule has 0 aliphatic heterocycles. The molecule has 3 aromatic rings. The van der Waals surface area contributed by atoms with Crippen molar-refractivity contribution in [3.05, 3.63) is 53.1 Å². The fourth-order valence-electron chi connectivity index (χ4n) is 2.33. The molecule has 0 saturated carbocycles. The van der Waals surface area contributed by atoms with Crippen molar-refractivity contribution in [1.29, 1.82) is 0 Å². The molecular formula is C19H15FN2O3S. The van der Waals surface area contributed by atoms with E-state index in [9.17, 15) is 9.18 Å². The van der Waals surface area contributed by atoms with Crippen LogP contribution in [0.25, 0.3) is 10.2 Å². The fourth-order valence-corrected chi connectivity index (χ4v) is 3.40. The van der Waals surface area contributed by atoms with Gasteiger partial charge < -0.3 is 14.0 Å². The summed E-state index contributed by atoms with van der Waals surface area (Å²) in [7, 11) is 1.57. The lowest BCUT2D eigenvalue weighted by atomic mass is 10.3. The van der Waals surface area contributed by atoms with Gasteiger partial charge >= 0.3 is 0 Å². The van der Waals surface area contributed by atoms with Crippen molar-refractivity contribution in [2.75, 3.05) is 13.7 Å². The van der Waals surface area contributed by atoms with E-state index in [1.54, 1.807) is 42.0 Å². The highest BCUT2D eigenvalue weighted by atomic mass is 32.1. The normalized spacial score (nSPS) is 11.3. The summed E-state index contributed by atoms with van der Waals surface area (Å²) in [6.07, 6.45) is 5.40. The summed E-state index contributed by atoms with van der Waals surface area (Å²) in [5, 5.41) is 0. The van der Waals surface area contributed by atoms with Crippen LogP contribution in [0.4, 0.5) is 4.39 Å². The largest absolute Gasteiger partial charge is 0.497 e. The zero-order valence-corrected chi connectivity index (χ0v) is 14.8. The Kier molecular flexibility index (Phi) is 5.34. The summed E-state index contributed by atoms with van der Waals surface area (Å²) in [6.45, 7) is 0.0159.